The molecular formula is C16H21F2NO. The average Bonchev–Trinajstić information content (AvgIpc) is 2.42. The van der Waals surface area contributed by atoms with Gasteiger partial charge in [0.2, 0.25) is 0 Å². The van der Waals surface area contributed by atoms with Crippen molar-refractivity contribution in [2.45, 2.75) is 43.7 Å². The zero-order valence-corrected chi connectivity index (χ0v) is 11.8. The number of hydrogen-bond acceptors (Lipinski definition) is 2. The highest BCUT2D eigenvalue weighted by molar-refractivity contribution is 5.22. The summed E-state index contributed by atoms with van der Waals surface area (Å²) in [6.45, 7) is 0.770. The molecule has 2 unspecified atom stereocenters. The minimum atomic E-state index is -0.786. The Balaban J connectivity index is 1.79. The molecule has 1 aromatic carbocycles. The zero-order valence-electron chi connectivity index (χ0n) is 11.8. The topological polar surface area (TPSA) is 21.3 Å². The summed E-state index contributed by atoms with van der Waals surface area (Å²) in [6.07, 6.45) is 5.49. The number of nitrogens with one attached hydrogen (secondary N) is 1. The molecule has 2 atom stereocenters. The van der Waals surface area contributed by atoms with E-state index in [9.17, 15) is 8.78 Å². The van der Waals surface area contributed by atoms with E-state index in [4.69, 9.17) is 4.74 Å². The van der Waals surface area contributed by atoms with Crippen molar-refractivity contribution < 1.29 is 13.5 Å². The Hall–Kier alpha value is -1.00. The van der Waals surface area contributed by atoms with Crippen LogP contribution in [-0.4, -0.2) is 19.3 Å². The normalized spacial score (nSPS) is 26.2. The van der Waals surface area contributed by atoms with Gasteiger partial charge in [0, 0.05) is 12.6 Å². The second-order valence-electron chi connectivity index (χ2n) is 6.08. The fraction of sp³-hybridized carbons (Fsp3) is 0.625. The van der Waals surface area contributed by atoms with Gasteiger partial charge in [-0.3, -0.25) is 0 Å². The predicted octanol–water partition coefficient (Wildman–Crippen LogP) is 3.57. The molecule has 1 saturated heterocycles. The molecule has 1 aliphatic heterocycles. The second kappa shape index (κ2) is 5.41. The van der Waals surface area contributed by atoms with Crippen molar-refractivity contribution in [2.75, 3.05) is 13.7 Å². The van der Waals surface area contributed by atoms with Crippen LogP contribution in [0.3, 0.4) is 0 Å². The van der Waals surface area contributed by atoms with Gasteiger partial charge in [-0.2, -0.15) is 0 Å². The van der Waals surface area contributed by atoms with Gasteiger partial charge in [-0.05, 0) is 62.8 Å². The average molecular weight is 281 g/mol. The van der Waals surface area contributed by atoms with Crippen molar-refractivity contribution >= 4 is 0 Å². The molecule has 2 aliphatic rings. The first-order valence-corrected chi connectivity index (χ1v) is 7.40. The van der Waals surface area contributed by atoms with Gasteiger partial charge in [0.25, 0.3) is 0 Å². The number of rotatable bonds is 3. The van der Waals surface area contributed by atoms with Crippen LogP contribution in [0.2, 0.25) is 0 Å². The Morgan fingerprint density at radius 3 is 2.70 bits per heavy atom. The fourth-order valence-electron chi connectivity index (χ4n) is 3.65. The summed E-state index contributed by atoms with van der Waals surface area (Å²) in [5.74, 6) is -1.14. The molecule has 1 spiro atoms. The van der Waals surface area contributed by atoms with Crippen molar-refractivity contribution in [1.29, 1.82) is 0 Å². The third kappa shape index (κ3) is 2.47. The van der Waals surface area contributed by atoms with E-state index in [0.29, 0.717) is 5.92 Å². The minimum Gasteiger partial charge on any atom is -0.375 e. The Labute approximate surface area is 118 Å². The summed E-state index contributed by atoms with van der Waals surface area (Å²) in [6, 6.07) is 4.28. The van der Waals surface area contributed by atoms with Gasteiger partial charge in [-0.1, -0.05) is 6.07 Å². The van der Waals surface area contributed by atoms with Gasteiger partial charge in [0.15, 0.2) is 11.6 Å². The molecule has 1 N–H and O–H groups in total. The van der Waals surface area contributed by atoms with Crippen LogP contribution >= 0.6 is 0 Å². The van der Waals surface area contributed by atoms with E-state index in [1.165, 1.54) is 18.6 Å². The maximum atomic E-state index is 13.4. The van der Waals surface area contributed by atoms with Crippen LogP contribution in [-0.2, 0) is 4.74 Å². The van der Waals surface area contributed by atoms with E-state index >= 15 is 0 Å². The lowest BCUT2D eigenvalue weighted by atomic mass is 9.69. The van der Waals surface area contributed by atoms with Crippen LogP contribution < -0.4 is 5.32 Å². The molecule has 1 saturated carbocycles. The smallest absolute Gasteiger partial charge is 0.159 e. The molecule has 1 aliphatic carbocycles. The molecule has 4 heteroatoms. The van der Waals surface area contributed by atoms with Crippen LogP contribution in [0.4, 0.5) is 8.78 Å². The van der Waals surface area contributed by atoms with Crippen molar-refractivity contribution in [2.24, 2.45) is 5.92 Å². The highest BCUT2D eigenvalue weighted by Gasteiger charge is 2.44. The number of hydrogen-bond donors (Lipinski definition) is 1. The Kier molecular flexibility index (Phi) is 3.78. The summed E-state index contributed by atoms with van der Waals surface area (Å²) >= 11 is 0. The van der Waals surface area contributed by atoms with Gasteiger partial charge in [0.1, 0.15) is 0 Å². The van der Waals surface area contributed by atoms with Crippen molar-refractivity contribution in [3.63, 3.8) is 0 Å². The first-order valence-electron chi connectivity index (χ1n) is 7.40. The summed E-state index contributed by atoms with van der Waals surface area (Å²) in [7, 11) is 1.88. The molecule has 1 aromatic rings. The molecule has 110 valence electrons. The van der Waals surface area contributed by atoms with Crippen LogP contribution in [0.15, 0.2) is 18.2 Å². The summed E-state index contributed by atoms with van der Waals surface area (Å²) in [5, 5.41) is 3.28. The van der Waals surface area contributed by atoms with Gasteiger partial charge < -0.3 is 10.1 Å². The Morgan fingerprint density at radius 1 is 1.30 bits per heavy atom. The largest absolute Gasteiger partial charge is 0.375 e. The van der Waals surface area contributed by atoms with E-state index < -0.39 is 11.6 Å². The number of halogens is 2. The van der Waals surface area contributed by atoms with Gasteiger partial charge in [-0.15, -0.1) is 0 Å². The molecular weight excluding hydrogens is 260 g/mol. The van der Waals surface area contributed by atoms with Crippen LogP contribution in [0.1, 0.15) is 43.7 Å². The van der Waals surface area contributed by atoms with E-state index in [1.54, 1.807) is 6.07 Å². The molecule has 0 bridgehead atoms. The summed E-state index contributed by atoms with van der Waals surface area (Å²) in [5.41, 5.74) is 0.893. The van der Waals surface area contributed by atoms with Crippen LogP contribution in [0, 0.1) is 17.6 Å². The highest BCUT2D eigenvalue weighted by Crippen LogP contribution is 2.47. The molecule has 0 radical (unpaired) electrons. The van der Waals surface area contributed by atoms with E-state index in [2.05, 4.69) is 5.32 Å². The third-order valence-corrected chi connectivity index (χ3v) is 4.88. The Bertz CT molecular complexity index is 487. The first-order chi connectivity index (χ1) is 9.63. The predicted molar refractivity (Wildman–Crippen MR) is 73.4 cm³/mol. The van der Waals surface area contributed by atoms with E-state index in [1.807, 2.05) is 7.05 Å². The lowest BCUT2D eigenvalue weighted by molar-refractivity contribution is -0.147. The van der Waals surface area contributed by atoms with Crippen LogP contribution in [0.25, 0.3) is 0 Å². The van der Waals surface area contributed by atoms with Crippen molar-refractivity contribution in [1.82, 2.24) is 5.32 Å². The second-order valence-corrected chi connectivity index (χ2v) is 6.08. The van der Waals surface area contributed by atoms with E-state index in [-0.39, 0.29) is 11.6 Å². The molecule has 20 heavy (non-hydrogen) atoms. The minimum absolute atomic E-state index is 0.0616. The van der Waals surface area contributed by atoms with Gasteiger partial charge >= 0.3 is 0 Å². The van der Waals surface area contributed by atoms with Gasteiger partial charge in [-0.25, -0.2) is 8.78 Å². The van der Waals surface area contributed by atoms with E-state index in [0.717, 1.165) is 37.9 Å². The summed E-state index contributed by atoms with van der Waals surface area (Å²) in [4.78, 5) is 0. The third-order valence-electron chi connectivity index (χ3n) is 4.88. The molecule has 1 heterocycles. The molecule has 0 aromatic heterocycles. The molecule has 3 rings (SSSR count). The van der Waals surface area contributed by atoms with Gasteiger partial charge in [0.05, 0.1) is 5.60 Å². The lowest BCUT2D eigenvalue weighted by Gasteiger charge is -2.48. The van der Waals surface area contributed by atoms with Crippen LogP contribution in [0.5, 0.6) is 0 Å². The lowest BCUT2D eigenvalue weighted by Crippen LogP contribution is -2.47. The highest BCUT2D eigenvalue weighted by atomic mass is 19.2. The Morgan fingerprint density at radius 2 is 2.10 bits per heavy atom. The van der Waals surface area contributed by atoms with Crippen molar-refractivity contribution in [3.05, 3.63) is 35.4 Å². The molecule has 0 amide bonds. The maximum Gasteiger partial charge on any atom is 0.159 e. The molecule has 2 nitrogen and oxygen atoms in total. The summed E-state index contributed by atoms with van der Waals surface area (Å²) < 4.78 is 32.5. The molecule has 2 fully saturated rings. The van der Waals surface area contributed by atoms with Crippen molar-refractivity contribution in [3.8, 4) is 0 Å². The first kappa shape index (κ1) is 14.0. The SMILES string of the molecule is CNC(c1ccc(F)c(F)c1)C1CCOC2(CCC2)C1. The number of ether oxygens (including phenoxy) is 1. The zero-order chi connectivity index (χ0) is 14.2. The standard InChI is InChI=1S/C16H21F2NO/c1-19-15(11-3-4-13(17)14(18)9-11)12-5-8-20-16(10-12)6-2-7-16/h3-4,9,12,15,19H,2,5-8,10H2,1H3. The maximum absolute atomic E-state index is 13.4. The number of benzene rings is 1. The quantitative estimate of drug-likeness (QED) is 0.914. The fourth-order valence-corrected chi connectivity index (χ4v) is 3.65. The monoisotopic (exact) mass is 281 g/mol.